The molecule has 9 aromatic rings. The first-order valence-electron chi connectivity index (χ1n) is 17.3. The first-order chi connectivity index (χ1) is 24.8. The Labute approximate surface area is 290 Å². The number of pyridine rings is 1. The van der Waals surface area contributed by atoms with Crippen molar-refractivity contribution in [2.24, 2.45) is 0 Å². The van der Waals surface area contributed by atoms with Gasteiger partial charge in [0.1, 0.15) is 0 Å². The number of hydrogen-bond donors (Lipinski definition) is 0. The van der Waals surface area contributed by atoms with Crippen LogP contribution in [0.1, 0.15) is 22.3 Å². The molecule has 0 fully saturated rings. The van der Waals surface area contributed by atoms with Crippen LogP contribution in [0.2, 0.25) is 0 Å². The lowest BCUT2D eigenvalue weighted by molar-refractivity contribution is 0.749. The third kappa shape index (κ3) is 3.60. The van der Waals surface area contributed by atoms with Gasteiger partial charge in [0.25, 0.3) is 0 Å². The average molecular weight is 635 g/mol. The van der Waals surface area contributed by atoms with E-state index in [2.05, 4.69) is 187 Å². The molecule has 2 aliphatic rings. The van der Waals surface area contributed by atoms with Gasteiger partial charge in [-0.25, -0.2) is 4.98 Å². The molecule has 2 nitrogen and oxygen atoms in total. The van der Waals surface area contributed by atoms with E-state index in [1.165, 1.54) is 66.4 Å². The molecule has 0 N–H and O–H groups in total. The zero-order valence-electron chi connectivity index (χ0n) is 27.2. The summed E-state index contributed by atoms with van der Waals surface area (Å²) in [5.74, 6) is 0. The van der Waals surface area contributed by atoms with Crippen LogP contribution in [0.15, 0.2) is 182 Å². The third-order valence-electron chi connectivity index (χ3n) is 11.0. The molecule has 7 aromatic carbocycles. The Hall–Kier alpha value is -6.51. The van der Waals surface area contributed by atoms with E-state index in [-0.39, 0.29) is 0 Å². The van der Waals surface area contributed by atoms with Crippen molar-refractivity contribution in [2.45, 2.75) is 5.41 Å². The quantitative estimate of drug-likeness (QED) is 0.189. The van der Waals surface area contributed by atoms with E-state index in [1.807, 2.05) is 0 Å². The van der Waals surface area contributed by atoms with Crippen LogP contribution < -0.4 is 0 Å². The summed E-state index contributed by atoms with van der Waals surface area (Å²) >= 11 is 0. The van der Waals surface area contributed by atoms with Gasteiger partial charge in [-0.05, 0) is 74.8 Å². The number of hydrogen-bond acceptors (Lipinski definition) is 1. The molecule has 232 valence electrons. The molecule has 1 atom stereocenters. The molecule has 2 heteroatoms. The number of para-hydroxylation sites is 3. The van der Waals surface area contributed by atoms with Crippen LogP contribution >= 0.6 is 0 Å². The first-order valence-corrected chi connectivity index (χ1v) is 17.3. The fourth-order valence-corrected chi connectivity index (χ4v) is 8.95. The van der Waals surface area contributed by atoms with Crippen LogP contribution in [0.25, 0.3) is 72.3 Å². The number of rotatable bonds is 3. The number of fused-ring (bicyclic) bond motifs is 12. The van der Waals surface area contributed by atoms with Gasteiger partial charge in [0.15, 0.2) is 0 Å². The second-order valence-electron chi connectivity index (χ2n) is 13.5. The van der Waals surface area contributed by atoms with Crippen LogP contribution in [0.4, 0.5) is 0 Å². The molecule has 0 amide bonds. The molecule has 2 aromatic heterocycles. The molecule has 11 rings (SSSR count). The van der Waals surface area contributed by atoms with Gasteiger partial charge in [0.05, 0.1) is 33.5 Å². The van der Waals surface area contributed by atoms with Crippen LogP contribution in [-0.4, -0.2) is 9.55 Å². The molecule has 1 spiro atoms. The van der Waals surface area contributed by atoms with E-state index >= 15 is 0 Å². The summed E-state index contributed by atoms with van der Waals surface area (Å²) in [7, 11) is 0. The Morgan fingerprint density at radius 2 is 0.980 bits per heavy atom. The summed E-state index contributed by atoms with van der Waals surface area (Å²) < 4.78 is 2.51. The molecule has 1 aliphatic carbocycles. The van der Waals surface area contributed by atoms with Crippen molar-refractivity contribution in [1.29, 1.82) is 0 Å². The van der Waals surface area contributed by atoms with Gasteiger partial charge < -0.3 is 4.57 Å². The summed E-state index contributed by atoms with van der Waals surface area (Å²) in [5, 5.41) is 2.58. The third-order valence-corrected chi connectivity index (χ3v) is 11.0. The predicted octanol–water partition coefficient (Wildman–Crippen LogP) is 11.9. The lowest BCUT2D eigenvalue weighted by Gasteiger charge is -2.39. The molecule has 0 bridgehead atoms. The molecule has 1 unspecified atom stereocenters. The van der Waals surface area contributed by atoms with Crippen LogP contribution in [0, 0.1) is 0 Å². The Bertz CT molecular complexity index is 2750. The maximum absolute atomic E-state index is 5.19. The fraction of sp³-hybridized carbons (Fsp3) is 0.0208. The Morgan fingerprint density at radius 3 is 1.76 bits per heavy atom. The van der Waals surface area contributed by atoms with E-state index < -0.39 is 5.41 Å². The van der Waals surface area contributed by atoms with Crippen molar-refractivity contribution < 1.29 is 0 Å². The normalized spacial score (nSPS) is 15.3. The van der Waals surface area contributed by atoms with Gasteiger partial charge in [-0.3, -0.25) is 0 Å². The van der Waals surface area contributed by atoms with Crippen molar-refractivity contribution in [3.8, 4) is 50.5 Å². The molecular weight excluding hydrogens is 605 g/mol. The number of aromatic nitrogens is 2. The standard InChI is InChI=1S/C48H30N2/c1-3-14-31(15-4-1)43-29-34(30-44(49-43)32-16-5-2-6-17-32)33-26-27-36-35-18-7-9-21-39(35)48(42(36)28-33)40-22-10-12-25-46(40)50-45-24-11-8-19-37(45)38-20-13-23-41(48)47(38)50/h1-30H. The van der Waals surface area contributed by atoms with Crippen molar-refractivity contribution >= 4 is 21.8 Å². The number of benzene rings is 7. The minimum atomic E-state index is -0.486. The van der Waals surface area contributed by atoms with Gasteiger partial charge in [-0.15, -0.1) is 0 Å². The molecule has 0 saturated heterocycles. The summed E-state index contributed by atoms with van der Waals surface area (Å²) in [5.41, 5.74) is 17.7. The van der Waals surface area contributed by atoms with Gasteiger partial charge >= 0.3 is 0 Å². The molecule has 0 radical (unpaired) electrons. The van der Waals surface area contributed by atoms with E-state index in [1.54, 1.807) is 0 Å². The van der Waals surface area contributed by atoms with E-state index in [0.717, 1.165) is 28.1 Å². The van der Waals surface area contributed by atoms with E-state index in [9.17, 15) is 0 Å². The Balaban J connectivity index is 1.24. The molecule has 0 saturated carbocycles. The monoisotopic (exact) mass is 634 g/mol. The van der Waals surface area contributed by atoms with Gasteiger partial charge in [0.2, 0.25) is 0 Å². The summed E-state index contributed by atoms with van der Waals surface area (Å²) in [6, 6.07) is 66.6. The van der Waals surface area contributed by atoms with Crippen molar-refractivity contribution in [1.82, 2.24) is 9.55 Å². The highest BCUT2D eigenvalue weighted by Crippen LogP contribution is 2.61. The lowest BCUT2D eigenvalue weighted by Crippen LogP contribution is -2.33. The molecule has 3 heterocycles. The highest BCUT2D eigenvalue weighted by atomic mass is 15.0. The Kier molecular flexibility index (Phi) is 5.62. The van der Waals surface area contributed by atoms with Crippen LogP contribution in [0.5, 0.6) is 0 Å². The SMILES string of the molecule is c1ccc(-c2cc(-c3ccc4c(c3)C3(c5ccccc5-4)c4ccccc4-n4c5ccccc5c5cccc3c54)cc(-c3ccccc3)n2)cc1. The predicted molar refractivity (Wildman–Crippen MR) is 206 cm³/mol. The second kappa shape index (κ2) is 10.2. The fourth-order valence-electron chi connectivity index (χ4n) is 8.95. The van der Waals surface area contributed by atoms with Crippen molar-refractivity contribution in [3.05, 3.63) is 204 Å². The van der Waals surface area contributed by atoms with Gasteiger partial charge in [-0.2, -0.15) is 0 Å². The molecule has 1 aliphatic heterocycles. The minimum absolute atomic E-state index is 0.486. The van der Waals surface area contributed by atoms with E-state index in [4.69, 9.17) is 4.98 Å². The van der Waals surface area contributed by atoms with E-state index in [0.29, 0.717) is 0 Å². The zero-order chi connectivity index (χ0) is 32.8. The molecular formula is C48H30N2. The number of nitrogens with zero attached hydrogens (tertiary/aromatic N) is 2. The maximum Gasteiger partial charge on any atom is 0.0754 e. The average Bonchev–Trinajstić information content (AvgIpc) is 3.69. The summed E-state index contributed by atoms with van der Waals surface area (Å²) in [4.78, 5) is 5.19. The topological polar surface area (TPSA) is 17.8 Å². The highest BCUT2D eigenvalue weighted by Gasteiger charge is 2.50. The van der Waals surface area contributed by atoms with Crippen molar-refractivity contribution in [3.63, 3.8) is 0 Å². The van der Waals surface area contributed by atoms with Gasteiger partial charge in [-0.1, -0.05) is 152 Å². The lowest BCUT2D eigenvalue weighted by atomic mass is 9.65. The Morgan fingerprint density at radius 1 is 0.380 bits per heavy atom. The smallest absolute Gasteiger partial charge is 0.0754 e. The zero-order valence-corrected chi connectivity index (χ0v) is 27.2. The highest BCUT2D eigenvalue weighted by molar-refractivity contribution is 6.12. The molecule has 50 heavy (non-hydrogen) atoms. The summed E-state index contributed by atoms with van der Waals surface area (Å²) in [6.07, 6.45) is 0. The summed E-state index contributed by atoms with van der Waals surface area (Å²) in [6.45, 7) is 0. The minimum Gasteiger partial charge on any atom is -0.309 e. The van der Waals surface area contributed by atoms with Crippen molar-refractivity contribution in [2.75, 3.05) is 0 Å². The first kappa shape index (κ1) is 27.4. The van der Waals surface area contributed by atoms with Crippen LogP contribution in [0.3, 0.4) is 0 Å². The second-order valence-corrected chi connectivity index (χ2v) is 13.5. The maximum atomic E-state index is 5.19. The van der Waals surface area contributed by atoms with Gasteiger partial charge in [0, 0.05) is 21.9 Å². The van der Waals surface area contributed by atoms with Crippen LogP contribution in [-0.2, 0) is 5.41 Å². The largest absolute Gasteiger partial charge is 0.309 e.